The highest BCUT2D eigenvalue weighted by molar-refractivity contribution is 5.52. The number of alkyl halides is 3. The Morgan fingerprint density at radius 2 is 1.75 bits per heavy atom. The summed E-state index contributed by atoms with van der Waals surface area (Å²) in [7, 11) is 1.81. The molecule has 0 amide bonds. The Labute approximate surface area is 118 Å². The number of nitrogens with two attached hydrogens (primary N) is 1. The molecule has 0 aliphatic carbocycles. The third-order valence-electron chi connectivity index (χ3n) is 3.86. The van der Waals surface area contributed by atoms with Gasteiger partial charge in [0.15, 0.2) is 0 Å². The molecule has 2 N–H and O–H groups in total. The maximum Gasteiger partial charge on any atom is 0.416 e. The molecule has 5 heteroatoms. The first-order chi connectivity index (χ1) is 8.98. The van der Waals surface area contributed by atoms with Crippen molar-refractivity contribution in [3.63, 3.8) is 0 Å². The van der Waals surface area contributed by atoms with E-state index in [0.717, 1.165) is 0 Å². The Hall–Kier alpha value is -1.23. The molecule has 0 bridgehead atoms. The minimum atomic E-state index is -4.38. The van der Waals surface area contributed by atoms with Crippen LogP contribution in [0.1, 0.15) is 38.8 Å². The molecular weight excluding hydrogens is 265 g/mol. The summed E-state index contributed by atoms with van der Waals surface area (Å²) in [6.45, 7) is 8.07. The Bertz CT molecular complexity index is 461. The van der Waals surface area contributed by atoms with Gasteiger partial charge in [0.05, 0.1) is 5.56 Å². The van der Waals surface area contributed by atoms with Crippen molar-refractivity contribution in [3.8, 4) is 0 Å². The van der Waals surface area contributed by atoms with E-state index in [0.29, 0.717) is 5.69 Å². The Kier molecular flexibility index (Phi) is 4.74. The molecule has 0 radical (unpaired) electrons. The van der Waals surface area contributed by atoms with Crippen LogP contribution in [0.4, 0.5) is 18.9 Å². The van der Waals surface area contributed by atoms with E-state index in [1.165, 1.54) is 12.1 Å². The first-order valence-electron chi connectivity index (χ1n) is 6.61. The van der Waals surface area contributed by atoms with E-state index in [1.54, 1.807) is 6.07 Å². The van der Waals surface area contributed by atoms with Crippen LogP contribution in [0.25, 0.3) is 0 Å². The zero-order valence-electron chi connectivity index (χ0n) is 12.7. The molecule has 1 aromatic rings. The second kappa shape index (κ2) is 5.64. The molecule has 1 rings (SSSR count). The fourth-order valence-corrected chi connectivity index (χ4v) is 2.03. The summed E-state index contributed by atoms with van der Waals surface area (Å²) in [6, 6.07) is 4.45. The Morgan fingerprint density at radius 3 is 2.15 bits per heavy atom. The van der Waals surface area contributed by atoms with Crippen molar-refractivity contribution in [2.75, 3.05) is 11.9 Å². The standard InChI is InChI=1S/C15H23F3N2/c1-10(14(2,3)4)20(5)12-7-6-11(9-19)13(8-12)15(16,17)18/h6-8,10H,9,19H2,1-5H3. The van der Waals surface area contributed by atoms with Crippen LogP contribution < -0.4 is 10.6 Å². The van der Waals surface area contributed by atoms with Gasteiger partial charge >= 0.3 is 6.18 Å². The summed E-state index contributed by atoms with van der Waals surface area (Å²) in [5.74, 6) is 0. The molecule has 0 fully saturated rings. The monoisotopic (exact) mass is 288 g/mol. The second-order valence-corrected chi connectivity index (χ2v) is 6.20. The number of rotatable bonds is 3. The van der Waals surface area contributed by atoms with Gasteiger partial charge < -0.3 is 10.6 Å². The minimum absolute atomic E-state index is 0.0281. The van der Waals surface area contributed by atoms with Crippen LogP contribution in [0.15, 0.2) is 18.2 Å². The average Bonchev–Trinajstić information content (AvgIpc) is 2.34. The molecule has 0 aliphatic heterocycles. The average molecular weight is 288 g/mol. The quantitative estimate of drug-likeness (QED) is 0.909. The maximum atomic E-state index is 13.0. The van der Waals surface area contributed by atoms with Gasteiger partial charge in [-0.25, -0.2) is 0 Å². The summed E-state index contributed by atoms with van der Waals surface area (Å²) in [6.07, 6.45) is -4.38. The number of anilines is 1. The zero-order valence-corrected chi connectivity index (χ0v) is 12.7. The summed E-state index contributed by atoms with van der Waals surface area (Å²) < 4.78 is 39.1. The summed E-state index contributed by atoms with van der Waals surface area (Å²) in [5, 5.41) is 0. The smallest absolute Gasteiger partial charge is 0.371 e. The molecule has 2 nitrogen and oxygen atoms in total. The summed E-state index contributed by atoms with van der Waals surface area (Å²) in [5.41, 5.74) is 5.39. The van der Waals surface area contributed by atoms with Crippen molar-refractivity contribution < 1.29 is 13.2 Å². The lowest BCUT2D eigenvalue weighted by Gasteiger charge is -2.37. The van der Waals surface area contributed by atoms with Crippen LogP contribution in [0, 0.1) is 5.41 Å². The van der Waals surface area contributed by atoms with E-state index in [2.05, 4.69) is 20.8 Å². The number of hydrogen-bond donors (Lipinski definition) is 1. The predicted molar refractivity (Wildman–Crippen MR) is 76.7 cm³/mol. The normalized spacial score (nSPS) is 14.2. The molecule has 0 heterocycles. The molecule has 1 aromatic carbocycles. The van der Waals surface area contributed by atoms with Gasteiger partial charge in [0.25, 0.3) is 0 Å². The fourth-order valence-electron chi connectivity index (χ4n) is 2.03. The maximum absolute atomic E-state index is 13.0. The lowest BCUT2D eigenvalue weighted by Crippen LogP contribution is -2.39. The van der Waals surface area contributed by atoms with Gasteiger partial charge in [0, 0.05) is 25.3 Å². The van der Waals surface area contributed by atoms with Crippen LogP contribution in [-0.4, -0.2) is 13.1 Å². The van der Waals surface area contributed by atoms with Crippen molar-refractivity contribution in [3.05, 3.63) is 29.3 Å². The van der Waals surface area contributed by atoms with E-state index in [9.17, 15) is 13.2 Å². The van der Waals surface area contributed by atoms with Crippen molar-refractivity contribution in [2.24, 2.45) is 11.1 Å². The van der Waals surface area contributed by atoms with Gasteiger partial charge in [-0.05, 0) is 30.0 Å². The SMILES string of the molecule is CC(N(C)c1ccc(CN)c(C(F)(F)F)c1)C(C)(C)C. The Morgan fingerprint density at radius 1 is 1.20 bits per heavy atom. The van der Waals surface area contributed by atoms with Crippen molar-refractivity contribution >= 4 is 5.69 Å². The Balaban J connectivity index is 3.22. The first kappa shape index (κ1) is 16.8. The summed E-state index contributed by atoms with van der Waals surface area (Å²) in [4.78, 5) is 1.87. The molecule has 1 atom stereocenters. The predicted octanol–water partition coefficient (Wildman–Crippen LogP) is 4.03. The molecule has 0 aromatic heterocycles. The van der Waals surface area contributed by atoms with Crippen LogP contribution in [0.3, 0.4) is 0 Å². The fraction of sp³-hybridized carbons (Fsp3) is 0.600. The topological polar surface area (TPSA) is 29.3 Å². The molecule has 20 heavy (non-hydrogen) atoms. The lowest BCUT2D eigenvalue weighted by atomic mass is 9.87. The number of nitrogens with zero attached hydrogens (tertiary/aromatic N) is 1. The van der Waals surface area contributed by atoms with Crippen molar-refractivity contribution in [2.45, 2.75) is 46.5 Å². The van der Waals surface area contributed by atoms with E-state index >= 15 is 0 Å². The third kappa shape index (κ3) is 3.66. The molecule has 0 aliphatic rings. The van der Waals surface area contributed by atoms with Gasteiger partial charge in [0.1, 0.15) is 0 Å². The van der Waals surface area contributed by atoms with E-state index in [1.807, 2.05) is 18.9 Å². The molecule has 0 saturated carbocycles. The van der Waals surface area contributed by atoms with Gasteiger partial charge in [-0.3, -0.25) is 0 Å². The van der Waals surface area contributed by atoms with E-state index in [4.69, 9.17) is 5.73 Å². The minimum Gasteiger partial charge on any atom is -0.371 e. The van der Waals surface area contributed by atoms with Gasteiger partial charge in [-0.2, -0.15) is 13.2 Å². The summed E-state index contributed by atoms with van der Waals surface area (Å²) >= 11 is 0. The number of benzene rings is 1. The lowest BCUT2D eigenvalue weighted by molar-refractivity contribution is -0.138. The molecule has 1 unspecified atom stereocenters. The molecule has 0 saturated heterocycles. The van der Waals surface area contributed by atoms with Crippen LogP contribution in [0.2, 0.25) is 0 Å². The highest BCUT2D eigenvalue weighted by Gasteiger charge is 2.34. The van der Waals surface area contributed by atoms with Gasteiger partial charge in [0.2, 0.25) is 0 Å². The van der Waals surface area contributed by atoms with Crippen molar-refractivity contribution in [1.82, 2.24) is 0 Å². The zero-order chi connectivity index (χ0) is 15.7. The van der Waals surface area contributed by atoms with Crippen LogP contribution >= 0.6 is 0 Å². The first-order valence-corrected chi connectivity index (χ1v) is 6.61. The highest BCUT2D eigenvalue weighted by Crippen LogP contribution is 2.36. The number of halogens is 3. The van der Waals surface area contributed by atoms with E-state index in [-0.39, 0.29) is 23.6 Å². The van der Waals surface area contributed by atoms with E-state index < -0.39 is 11.7 Å². The van der Waals surface area contributed by atoms with Crippen molar-refractivity contribution in [1.29, 1.82) is 0 Å². The third-order valence-corrected chi connectivity index (χ3v) is 3.86. The highest BCUT2D eigenvalue weighted by atomic mass is 19.4. The largest absolute Gasteiger partial charge is 0.416 e. The van der Waals surface area contributed by atoms with Gasteiger partial charge in [-0.15, -0.1) is 0 Å². The van der Waals surface area contributed by atoms with Crippen LogP contribution in [0.5, 0.6) is 0 Å². The molecular formula is C15H23F3N2. The molecule has 114 valence electrons. The van der Waals surface area contributed by atoms with Crippen LogP contribution in [-0.2, 0) is 12.7 Å². The second-order valence-electron chi connectivity index (χ2n) is 6.20. The van der Waals surface area contributed by atoms with Gasteiger partial charge in [-0.1, -0.05) is 26.8 Å². The molecule has 0 spiro atoms. The number of hydrogen-bond acceptors (Lipinski definition) is 2.